The summed E-state index contributed by atoms with van der Waals surface area (Å²) in [7, 11) is 0. The Morgan fingerprint density at radius 2 is 1.50 bits per heavy atom. The Bertz CT molecular complexity index is 1060. The Morgan fingerprint density at radius 3 is 2.17 bits per heavy atom. The van der Waals surface area contributed by atoms with Gasteiger partial charge in [0, 0.05) is 0 Å². The van der Waals surface area contributed by atoms with Gasteiger partial charge >= 0.3 is 193 Å². The molecule has 0 N–H and O–H groups in total. The van der Waals surface area contributed by atoms with E-state index in [1.807, 2.05) is 18.2 Å². The van der Waals surface area contributed by atoms with Gasteiger partial charge in [0.15, 0.2) is 0 Å². The van der Waals surface area contributed by atoms with Crippen molar-refractivity contribution < 1.29 is 23.7 Å². The molecule has 0 amide bonds. The van der Waals surface area contributed by atoms with Crippen molar-refractivity contribution in [1.29, 1.82) is 0 Å². The SMILES string of the molecule is O=c1c(Br)c2[se]c3ccc(Cl)cc3nc-2c2c1OCCOCCOCCOCCO2. The number of benzene rings is 2. The predicted octanol–water partition coefficient (Wildman–Crippen LogP) is 2.99. The molecule has 0 bridgehead atoms. The van der Waals surface area contributed by atoms with Crippen LogP contribution in [0.4, 0.5) is 0 Å². The average molecular weight is 564 g/mol. The molecular weight excluding hydrogens is 545 g/mol. The van der Waals surface area contributed by atoms with E-state index in [9.17, 15) is 4.79 Å². The molecule has 30 heavy (non-hydrogen) atoms. The first-order chi connectivity index (χ1) is 14.6. The minimum atomic E-state index is -0.258. The van der Waals surface area contributed by atoms with E-state index in [2.05, 4.69) is 15.9 Å². The number of halogens is 2. The normalized spacial score (nSPS) is 16.9. The third kappa shape index (κ3) is 4.99. The van der Waals surface area contributed by atoms with Gasteiger partial charge in [0.2, 0.25) is 0 Å². The molecule has 1 aromatic carbocycles. The van der Waals surface area contributed by atoms with Gasteiger partial charge in [-0.3, -0.25) is 0 Å². The molecule has 7 nitrogen and oxygen atoms in total. The van der Waals surface area contributed by atoms with Crippen molar-refractivity contribution in [3.05, 3.63) is 37.9 Å². The van der Waals surface area contributed by atoms with E-state index in [1.54, 1.807) is 0 Å². The standard InChI is InChI=1S/C20H19BrClNO6Se/c21-15-17(24)19-18(16-20(15)30-14-2-1-12(22)11-13(14)23-16)28-9-7-26-5-3-25-4-6-27-8-10-29-19/h1-2,11H,3-10H2. The van der Waals surface area contributed by atoms with Gasteiger partial charge in [0.05, 0.1) is 0 Å². The Balaban J connectivity index is 1.79. The first kappa shape index (κ1) is 22.0. The summed E-state index contributed by atoms with van der Waals surface area (Å²) in [6.45, 7) is 3.01. The van der Waals surface area contributed by atoms with E-state index < -0.39 is 0 Å². The summed E-state index contributed by atoms with van der Waals surface area (Å²) in [5.41, 5.74) is 1.12. The fourth-order valence-electron chi connectivity index (χ4n) is 2.92. The van der Waals surface area contributed by atoms with Crippen molar-refractivity contribution in [3.8, 4) is 21.6 Å². The summed E-state index contributed by atoms with van der Waals surface area (Å²) in [4.78, 5) is 17.8. The Morgan fingerprint density at radius 1 is 0.900 bits per heavy atom. The van der Waals surface area contributed by atoms with E-state index in [1.165, 1.54) is 0 Å². The van der Waals surface area contributed by atoms with E-state index in [0.717, 1.165) is 14.2 Å². The van der Waals surface area contributed by atoms with Crippen molar-refractivity contribution >= 4 is 51.8 Å². The molecule has 4 rings (SSSR count). The van der Waals surface area contributed by atoms with Gasteiger partial charge in [0.25, 0.3) is 0 Å². The molecule has 0 spiro atoms. The van der Waals surface area contributed by atoms with E-state index in [4.69, 9.17) is 40.3 Å². The Hall–Kier alpha value is -1.19. The quantitative estimate of drug-likeness (QED) is 0.308. The molecule has 0 radical (unpaired) electrons. The number of hydrogen-bond acceptors (Lipinski definition) is 7. The van der Waals surface area contributed by atoms with Gasteiger partial charge in [-0.05, 0) is 0 Å². The van der Waals surface area contributed by atoms with Gasteiger partial charge in [-0.25, -0.2) is 0 Å². The van der Waals surface area contributed by atoms with Crippen LogP contribution in [-0.2, 0) is 14.2 Å². The van der Waals surface area contributed by atoms with Crippen molar-refractivity contribution in [1.82, 2.24) is 4.98 Å². The van der Waals surface area contributed by atoms with Crippen molar-refractivity contribution in [3.63, 3.8) is 0 Å². The fraction of sp³-hybridized carbons (Fsp3) is 0.400. The molecule has 0 atom stereocenters. The van der Waals surface area contributed by atoms with Crippen LogP contribution in [0.25, 0.3) is 19.9 Å². The second kappa shape index (κ2) is 10.4. The van der Waals surface area contributed by atoms with Crippen LogP contribution in [0.15, 0.2) is 27.5 Å². The third-order valence-corrected chi connectivity index (χ3v) is 8.33. The molecule has 0 unspecified atom stereocenters. The van der Waals surface area contributed by atoms with Crippen molar-refractivity contribution in [2.75, 3.05) is 52.9 Å². The summed E-state index contributed by atoms with van der Waals surface area (Å²) < 4.78 is 30.5. The number of hydrogen-bond donors (Lipinski definition) is 0. The van der Waals surface area contributed by atoms with E-state index >= 15 is 0 Å². The summed E-state index contributed by atoms with van der Waals surface area (Å²) in [5.74, 6) is 0.459. The summed E-state index contributed by atoms with van der Waals surface area (Å²) in [6.07, 6.45) is 0. The third-order valence-electron chi connectivity index (χ3n) is 4.30. The van der Waals surface area contributed by atoms with Gasteiger partial charge in [-0.15, -0.1) is 0 Å². The van der Waals surface area contributed by atoms with Crippen LogP contribution >= 0.6 is 27.5 Å². The van der Waals surface area contributed by atoms with Crippen LogP contribution in [0, 0.1) is 0 Å². The number of fused-ring (bicyclic) bond motifs is 4. The van der Waals surface area contributed by atoms with Crippen LogP contribution in [-0.4, -0.2) is 72.3 Å². The first-order valence-electron chi connectivity index (χ1n) is 9.39. The molecule has 1 aromatic rings. The summed E-state index contributed by atoms with van der Waals surface area (Å²) >= 11 is 9.48. The topological polar surface area (TPSA) is 76.1 Å². The molecule has 3 aliphatic rings. The molecule has 2 aliphatic heterocycles. The van der Waals surface area contributed by atoms with Gasteiger partial charge in [0.1, 0.15) is 0 Å². The number of nitrogens with zero attached hydrogens (tertiary/aromatic N) is 1. The van der Waals surface area contributed by atoms with E-state index in [-0.39, 0.29) is 38.9 Å². The van der Waals surface area contributed by atoms with Crippen LogP contribution in [0.3, 0.4) is 0 Å². The average Bonchev–Trinajstić information content (AvgIpc) is 2.75. The van der Waals surface area contributed by atoms with Crippen LogP contribution in [0.1, 0.15) is 0 Å². The molecule has 10 heteroatoms. The molecular formula is C20H19BrClNO6Se. The second-order valence-corrected chi connectivity index (χ2v) is 9.78. The molecule has 0 saturated heterocycles. The number of aromatic nitrogens is 1. The summed E-state index contributed by atoms with van der Waals surface area (Å²) in [5, 5.41) is 0.605. The molecule has 0 aromatic heterocycles. The molecule has 2 heterocycles. The van der Waals surface area contributed by atoms with Crippen molar-refractivity contribution in [2.24, 2.45) is 0 Å². The van der Waals surface area contributed by atoms with Gasteiger partial charge in [-0.1, -0.05) is 0 Å². The molecule has 160 valence electrons. The van der Waals surface area contributed by atoms with Crippen LogP contribution < -0.4 is 14.9 Å². The Labute approximate surface area is 192 Å². The van der Waals surface area contributed by atoms with Crippen LogP contribution in [0.5, 0.6) is 11.5 Å². The monoisotopic (exact) mass is 563 g/mol. The van der Waals surface area contributed by atoms with Gasteiger partial charge in [-0.2, -0.15) is 0 Å². The predicted molar refractivity (Wildman–Crippen MR) is 118 cm³/mol. The van der Waals surface area contributed by atoms with E-state index in [0.29, 0.717) is 60.6 Å². The summed E-state index contributed by atoms with van der Waals surface area (Å²) in [6, 6.07) is 5.59. The Kier molecular flexibility index (Phi) is 7.64. The zero-order chi connectivity index (χ0) is 20.9. The zero-order valence-corrected chi connectivity index (χ0v) is 20.0. The zero-order valence-electron chi connectivity index (χ0n) is 15.9. The maximum absolute atomic E-state index is 13.0. The maximum atomic E-state index is 13.0. The number of ether oxygens (including phenoxy) is 5. The molecule has 0 saturated carbocycles. The number of rotatable bonds is 0. The van der Waals surface area contributed by atoms with Crippen molar-refractivity contribution in [2.45, 2.75) is 0 Å². The molecule has 1 aliphatic carbocycles. The fourth-order valence-corrected chi connectivity index (χ4v) is 5.94. The molecule has 0 fully saturated rings. The van der Waals surface area contributed by atoms with Crippen LogP contribution in [0.2, 0.25) is 5.02 Å². The van der Waals surface area contributed by atoms with Gasteiger partial charge < -0.3 is 0 Å². The second-order valence-electron chi connectivity index (χ2n) is 6.34. The first-order valence-corrected chi connectivity index (χ1v) is 12.3. The minimum absolute atomic E-state index is 0.125.